The van der Waals surface area contributed by atoms with Crippen molar-refractivity contribution >= 4 is 6.21 Å². The van der Waals surface area contributed by atoms with Gasteiger partial charge in [0.15, 0.2) is 6.29 Å². The Bertz CT molecular complexity index is 146. The first-order valence-corrected chi connectivity index (χ1v) is 3.23. The van der Waals surface area contributed by atoms with Gasteiger partial charge in [-0.3, -0.25) is 5.21 Å². The van der Waals surface area contributed by atoms with Crippen LogP contribution in [0.15, 0.2) is 0 Å². The van der Waals surface area contributed by atoms with Crippen LogP contribution in [0.2, 0.25) is 0 Å². The van der Waals surface area contributed by atoms with Crippen LogP contribution >= 0.6 is 0 Å². The molecule has 0 saturated carbocycles. The van der Waals surface area contributed by atoms with Crippen molar-refractivity contribution in [1.82, 2.24) is 0 Å². The molecule has 4 heteroatoms. The molecule has 0 aromatic heterocycles. The van der Waals surface area contributed by atoms with E-state index in [0.29, 0.717) is 4.90 Å². The maximum absolute atomic E-state index is 10.6. The number of hydrogen-bond donors (Lipinski definition) is 0. The first-order valence-electron chi connectivity index (χ1n) is 3.23. The summed E-state index contributed by atoms with van der Waals surface area (Å²) < 4.78 is 4.85. The van der Waals surface area contributed by atoms with Crippen LogP contribution in [-0.2, 0) is 9.57 Å². The largest absolute Gasteiger partial charge is 0.372 e. The second kappa shape index (κ2) is 2.88. The molecule has 0 amide bonds. The van der Waals surface area contributed by atoms with Gasteiger partial charge in [0.25, 0.3) is 0 Å². The molecule has 58 valence electrons. The van der Waals surface area contributed by atoms with Gasteiger partial charge >= 0.3 is 0 Å². The monoisotopic (exact) mass is 145 g/mol. The fourth-order valence-corrected chi connectivity index (χ4v) is 0.906. The maximum Gasteiger partial charge on any atom is 0.213 e. The molecule has 0 aliphatic carbocycles. The van der Waals surface area contributed by atoms with E-state index in [-0.39, 0.29) is 12.2 Å². The third-order valence-corrected chi connectivity index (χ3v) is 1.42. The van der Waals surface area contributed by atoms with Crippen molar-refractivity contribution in [2.45, 2.75) is 19.6 Å². The molecule has 0 unspecified atom stereocenters. The van der Waals surface area contributed by atoms with Crippen LogP contribution in [0.1, 0.15) is 13.3 Å². The Labute approximate surface area is 59.6 Å². The Morgan fingerprint density at radius 2 is 2.50 bits per heavy atom. The van der Waals surface area contributed by atoms with Crippen LogP contribution in [0.3, 0.4) is 0 Å². The second-order valence-electron chi connectivity index (χ2n) is 2.42. The molecule has 0 fully saturated rings. The van der Waals surface area contributed by atoms with Crippen molar-refractivity contribution < 1.29 is 14.5 Å². The summed E-state index contributed by atoms with van der Waals surface area (Å²) in [6, 6.07) is 0. The Morgan fingerprint density at radius 3 is 3.00 bits per heavy atom. The highest BCUT2D eigenvalue weighted by Gasteiger charge is 2.19. The first-order chi connectivity index (χ1) is 4.72. The Balaban J connectivity index is 2.52. The molecule has 2 atom stereocenters. The van der Waals surface area contributed by atoms with Crippen LogP contribution < -0.4 is 0 Å². The van der Waals surface area contributed by atoms with Crippen LogP contribution in [0.5, 0.6) is 0 Å². The van der Waals surface area contributed by atoms with Crippen LogP contribution in [0.25, 0.3) is 0 Å². The molecule has 1 rings (SSSR count). The van der Waals surface area contributed by atoms with Gasteiger partial charge in [0.2, 0.25) is 6.21 Å². The zero-order chi connectivity index (χ0) is 7.56. The highest BCUT2D eigenvalue weighted by Crippen LogP contribution is 2.12. The van der Waals surface area contributed by atoms with Gasteiger partial charge in [-0.2, -0.15) is 0 Å². The molecule has 0 spiro atoms. The summed E-state index contributed by atoms with van der Waals surface area (Å²) in [5.41, 5.74) is 0. The van der Waals surface area contributed by atoms with E-state index in [1.54, 1.807) is 0 Å². The van der Waals surface area contributed by atoms with E-state index in [1.807, 2.05) is 6.92 Å². The predicted molar refractivity (Wildman–Crippen MR) is 35.4 cm³/mol. The molecule has 10 heavy (non-hydrogen) atoms. The summed E-state index contributed by atoms with van der Waals surface area (Å²) in [5.74, 6) is 0.233. The summed E-state index contributed by atoms with van der Waals surface area (Å²) in [4.78, 5) is 5.17. The number of methoxy groups -OCH3 is 1. The molecule has 1 heterocycles. The van der Waals surface area contributed by atoms with Gasteiger partial charge in [0.1, 0.15) is 0 Å². The molecule has 0 N–H and O–H groups in total. The van der Waals surface area contributed by atoms with Crippen molar-refractivity contribution in [3.05, 3.63) is 5.21 Å². The van der Waals surface area contributed by atoms with Gasteiger partial charge in [-0.15, -0.1) is 0 Å². The van der Waals surface area contributed by atoms with E-state index < -0.39 is 0 Å². The summed E-state index contributed by atoms with van der Waals surface area (Å²) in [7, 11) is 1.52. The lowest BCUT2D eigenvalue weighted by atomic mass is 10.1. The Hall–Kier alpha value is -0.770. The minimum Gasteiger partial charge on any atom is -0.372 e. The van der Waals surface area contributed by atoms with Gasteiger partial charge in [0.05, 0.1) is 0 Å². The Morgan fingerprint density at radius 1 is 1.80 bits per heavy atom. The molecule has 1 aliphatic heterocycles. The lowest BCUT2D eigenvalue weighted by molar-refractivity contribution is -0.768. The third kappa shape index (κ3) is 1.60. The topological polar surface area (TPSA) is 44.5 Å². The number of ether oxygens (including phenoxy) is 1. The van der Waals surface area contributed by atoms with Crippen LogP contribution in [0.4, 0.5) is 0 Å². The van der Waals surface area contributed by atoms with E-state index in [2.05, 4.69) is 0 Å². The molecular formula is C6H11NO3. The van der Waals surface area contributed by atoms with Crippen molar-refractivity contribution in [3.63, 3.8) is 0 Å². The molecule has 0 bridgehead atoms. The lowest BCUT2D eigenvalue weighted by Crippen LogP contribution is -2.30. The molecule has 0 aromatic carbocycles. The molecule has 0 radical (unpaired) electrons. The zero-order valence-electron chi connectivity index (χ0n) is 6.11. The maximum atomic E-state index is 10.6. The minimum atomic E-state index is -0.377. The highest BCUT2D eigenvalue weighted by atomic mass is 16.9. The van der Waals surface area contributed by atoms with E-state index in [1.165, 1.54) is 13.3 Å². The number of hydrogen-bond acceptors (Lipinski definition) is 3. The molecule has 0 aromatic rings. The van der Waals surface area contributed by atoms with Gasteiger partial charge in [0, 0.05) is 24.4 Å². The SMILES string of the molecule is CO[C@@H]1C[C@@H](C)C=[N+]([O-])O1. The van der Waals surface area contributed by atoms with Crippen molar-refractivity contribution in [2.75, 3.05) is 7.11 Å². The van der Waals surface area contributed by atoms with E-state index in [0.717, 1.165) is 6.42 Å². The van der Waals surface area contributed by atoms with Gasteiger partial charge in [-0.1, -0.05) is 6.92 Å². The highest BCUT2D eigenvalue weighted by molar-refractivity contribution is 5.54. The summed E-state index contributed by atoms with van der Waals surface area (Å²) in [6.45, 7) is 1.94. The average molecular weight is 145 g/mol. The van der Waals surface area contributed by atoms with Crippen LogP contribution in [0, 0.1) is 11.1 Å². The fourth-order valence-electron chi connectivity index (χ4n) is 0.906. The predicted octanol–water partition coefficient (Wildman–Crippen LogP) is 0.511. The third-order valence-electron chi connectivity index (χ3n) is 1.42. The first kappa shape index (κ1) is 7.34. The lowest BCUT2D eigenvalue weighted by Gasteiger charge is -2.23. The van der Waals surface area contributed by atoms with Crippen molar-refractivity contribution in [3.8, 4) is 0 Å². The Kier molecular flexibility index (Phi) is 2.11. The number of rotatable bonds is 1. The second-order valence-corrected chi connectivity index (χ2v) is 2.42. The molecule has 0 saturated heterocycles. The quantitative estimate of drug-likeness (QED) is 0.505. The van der Waals surface area contributed by atoms with Crippen molar-refractivity contribution in [1.29, 1.82) is 0 Å². The molecule has 4 nitrogen and oxygen atoms in total. The zero-order valence-corrected chi connectivity index (χ0v) is 6.11. The number of nitrogens with zero attached hydrogens (tertiary/aromatic N) is 1. The molecular weight excluding hydrogens is 134 g/mol. The van der Waals surface area contributed by atoms with E-state index in [4.69, 9.17) is 9.57 Å². The smallest absolute Gasteiger partial charge is 0.213 e. The standard InChI is InChI=1S/C6H11NO3/c1-5-3-6(9-2)10-7(8)4-5/h4-6H,3H2,1-2H3/t5-,6+/m1/s1. The summed E-state index contributed by atoms with van der Waals surface area (Å²) in [6.07, 6.45) is 1.85. The minimum absolute atomic E-state index is 0.233. The fraction of sp³-hybridized carbons (Fsp3) is 0.833. The van der Waals surface area contributed by atoms with Crippen molar-refractivity contribution in [2.24, 2.45) is 5.92 Å². The van der Waals surface area contributed by atoms with Crippen LogP contribution in [-0.4, -0.2) is 24.5 Å². The normalized spacial score (nSPS) is 32.8. The van der Waals surface area contributed by atoms with E-state index >= 15 is 0 Å². The van der Waals surface area contributed by atoms with Gasteiger partial charge in [-0.25, -0.2) is 0 Å². The van der Waals surface area contributed by atoms with E-state index in [9.17, 15) is 5.21 Å². The summed E-state index contributed by atoms with van der Waals surface area (Å²) >= 11 is 0. The van der Waals surface area contributed by atoms with Gasteiger partial charge < -0.3 is 9.57 Å². The summed E-state index contributed by atoms with van der Waals surface area (Å²) in [5, 5.41) is 10.6. The molecule has 1 aliphatic rings. The van der Waals surface area contributed by atoms with Gasteiger partial charge in [-0.05, 0) is 0 Å². The average Bonchev–Trinajstić information content (AvgIpc) is 1.85.